The highest BCUT2D eigenvalue weighted by Gasteiger charge is 2.32. The molecule has 2 aliphatic heterocycles. The zero-order valence-corrected chi connectivity index (χ0v) is 16.3. The Hall–Kier alpha value is -3.43. The van der Waals surface area contributed by atoms with Crippen molar-refractivity contribution in [3.05, 3.63) is 46.3 Å². The van der Waals surface area contributed by atoms with Gasteiger partial charge in [-0.2, -0.15) is 0 Å². The van der Waals surface area contributed by atoms with Gasteiger partial charge in [0.05, 0.1) is 10.6 Å². The highest BCUT2D eigenvalue weighted by Crippen LogP contribution is 2.41. The van der Waals surface area contributed by atoms with E-state index in [0.717, 1.165) is 50.4 Å². The summed E-state index contributed by atoms with van der Waals surface area (Å²) in [4.78, 5) is 17.8. The number of halogens is 1. The van der Waals surface area contributed by atoms with Crippen molar-refractivity contribution in [1.29, 1.82) is 0 Å². The van der Waals surface area contributed by atoms with Crippen LogP contribution in [-0.4, -0.2) is 54.5 Å². The molecular weight excluding hydrogens is 391 g/mol. The van der Waals surface area contributed by atoms with Gasteiger partial charge in [0, 0.05) is 45.0 Å². The Morgan fingerprint density at radius 1 is 0.867 bits per heavy atom. The molecule has 0 N–H and O–H groups in total. The molecule has 3 aromatic rings. The molecule has 3 heterocycles. The fraction of sp³-hybridized carbons (Fsp3) is 0.400. The van der Waals surface area contributed by atoms with Gasteiger partial charge in [0.2, 0.25) is 5.52 Å². The van der Waals surface area contributed by atoms with Crippen molar-refractivity contribution >= 4 is 33.8 Å². The van der Waals surface area contributed by atoms with Crippen LogP contribution in [0.25, 0.3) is 11.0 Å². The molecule has 0 spiro atoms. The minimum atomic E-state index is -0.392. The quantitative estimate of drug-likeness (QED) is 0.477. The molecule has 0 amide bonds. The Labute approximate surface area is 171 Å². The first-order valence-electron chi connectivity index (χ1n) is 10.1. The van der Waals surface area contributed by atoms with Crippen LogP contribution in [0, 0.1) is 15.9 Å². The van der Waals surface area contributed by atoms with Gasteiger partial charge in [-0.05, 0) is 53.5 Å². The van der Waals surface area contributed by atoms with Crippen LogP contribution in [0.15, 0.2) is 35.0 Å². The van der Waals surface area contributed by atoms with Crippen molar-refractivity contribution in [1.82, 2.24) is 10.3 Å². The van der Waals surface area contributed by atoms with Crippen molar-refractivity contribution in [2.45, 2.75) is 12.8 Å². The first-order valence-corrected chi connectivity index (χ1v) is 10.1. The average Bonchev–Trinajstić information content (AvgIpc) is 3.45. The van der Waals surface area contributed by atoms with E-state index < -0.39 is 4.92 Å². The molecule has 2 saturated heterocycles. The fourth-order valence-electron chi connectivity index (χ4n) is 4.38. The van der Waals surface area contributed by atoms with Crippen LogP contribution in [0.1, 0.15) is 12.8 Å². The van der Waals surface area contributed by atoms with Crippen molar-refractivity contribution in [2.75, 3.05) is 54.0 Å². The molecule has 1 aromatic heterocycles. The molecule has 2 aromatic carbocycles. The average molecular weight is 412 g/mol. The predicted molar refractivity (Wildman–Crippen MR) is 111 cm³/mol. The molecule has 156 valence electrons. The van der Waals surface area contributed by atoms with E-state index in [4.69, 9.17) is 4.63 Å². The van der Waals surface area contributed by atoms with Crippen LogP contribution >= 0.6 is 0 Å². The van der Waals surface area contributed by atoms with Crippen molar-refractivity contribution in [2.24, 2.45) is 0 Å². The summed E-state index contributed by atoms with van der Waals surface area (Å²) < 4.78 is 18.1. The van der Waals surface area contributed by atoms with E-state index >= 15 is 0 Å². The molecule has 0 bridgehead atoms. The summed E-state index contributed by atoms with van der Waals surface area (Å²) in [5.74, 6) is -0.251. The van der Waals surface area contributed by atoms with E-state index in [1.807, 2.05) is 11.0 Å². The molecule has 9 nitrogen and oxygen atoms in total. The van der Waals surface area contributed by atoms with E-state index in [1.54, 1.807) is 12.1 Å². The summed E-state index contributed by atoms with van der Waals surface area (Å²) in [5, 5.41) is 19.7. The van der Waals surface area contributed by atoms with Gasteiger partial charge in [0.25, 0.3) is 0 Å². The Balaban J connectivity index is 1.47. The number of benzene rings is 2. The largest absolute Gasteiger partial charge is 0.368 e. The van der Waals surface area contributed by atoms with Gasteiger partial charge < -0.3 is 14.7 Å². The second-order valence-corrected chi connectivity index (χ2v) is 7.63. The van der Waals surface area contributed by atoms with Crippen LogP contribution < -0.4 is 14.7 Å². The number of nitrogens with zero attached hydrogens (tertiary/aromatic N) is 6. The summed E-state index contributed by atoms with van der Waals surface area (Å²) in [6.45, 7) is 4.47. The molecule has 0 aliphatic carbocycles. The Bertz CT molecular complexity index is 1070. The molecule has 0 unspecified atom stereocenters. The fourth-order valence-corrected chi connectivity index (χ4v) is 4.38. The number of fused-ring (bicyclic) bond motifs is 1. The van der Waals surface area contributed by atoms with Gasteiger partial charge in [-0.15, -0.1) is 0 Å². The molecule has 5 rings (SSSR count). The Kier molecular flexibility index (Phi) is 4.61. The first kappa shape index (κ1) is 18.6. The van der Waals surface area contributed by atoms with E-state index in [9.17, 15) is 14.5 Å². The van der Waals surface area contributed by atoms with Gasteiger partial charge in [0.1, 0.15) is 11.5 Å². The standard InChI is InChI=1S/C20H21FN6O3/c21-14-3-5-15(6-4-14)24-9-11-26(12-10-24)16-13-17(25-7-1-2-8-25)20(27(28)29)19-18(16)22-30-23-19/h3-6,13H,1-2,7-12H2. The van der Waals surface area contributed by atoms with Crippen molar-refractivity contribution < 1.29 is 13.9 Å². The summed E-state index contributed by atoms with van der Waals surface area (Å²) in [6.07, 6.45) is 2.02. The van der Waals surface area contributed by atoms with E-state index in [1.165, 1.54) is 12.1 Å². The van der Waals surface area contributed by atoms with Crippen LogP contribution in [0.4, 0.5) is 27.1 Å². The van der Waals surface area contributed by atoms with E-state index in [2.05, 4.69) is 20.1 Å². The second-order valence-electron chi connectivity index (χ2n) is 7.63. The molecular formula is C20H21FN6O3. The molecule has 30 heavy (non-hydrogen) atoms. The number of hydrogen-bond donors (Lipinski definition) is 0. The third kappa shape index (κ3) is 3.17. The highest BCUT2D eigenvalue weighted by molar-refractivity contribution is 6.00. The number of nitro groups is 1. The van der Waals surface area contributed by atoms with Crippen molar-refractivity contribution in [3.63, 3.8) is 0 Å². The van der Waals surface area contributed by atoms with Gasteiger partial charge in [-0.1, -0.05) is 0 Å². The molecule has 10 heteroatoms. The molecule has 2 fully saturated rings. The number of nitro benzene ring substituents is 1. The predicted octanol–water partition coefficient (Wildman–Crippen LogP) is 3.20. The third-order valence-corrected chi connectivity index (χ3v) is 5.91. The lowest BCUT2D eigenvalue weighted by Crippen LogP contribution is -2.46. The Morgan fingerprint density at radius 2 is 1.47 bits per heavy atom. The minimum absolute atomic E-state index is 0.0400. The number of rotatable bonds is 4. The minimum Gasteiger partial charge on any atom is -0.368 e. The van der Waals surface area contributed by atoms with Gasteiger partial charge in [-0.25, -0.2) is 9.02 Å². The highest BCUT2D eigenvalue weighted by atomic mass is 19.1. The SMILES string of the molecule is O=[N+]([O-])c1c(N2CCCC2)cc(N2CCN(c3ccc(F)cc3)CC2)c2nonc12. The molecule has 2 aliphatic rings. The number of hydrogen-bond acceptors (Lipinski definition) is 8. The zero-order valence-electron chi connectivity index (χ0n) is 16.3. The topological polar surface area (TPSA) is 91.8 Å². The van der Waals surface area contributed by atoms with Crippen LogP contribution in [0.5, 0.6) is 0 Å². The van der Waals surface area contributed by atoms with Gasteiger partial charge in [-0.3, -0.25) is 10.1 Å². The zero-order chi connectivity index (χ0) is 20.7. The maximum absolute atomic E-state index is 13.2. The maximum Gasteiger partial charge on any atom is 0.323 e. The lowest BCUT2D eigenvalue weighted by atomic mass is 10.1. The van der Waals surface area contributed by atoms with E-state index in [-0.39, 0.29) is 17.0 Å². The molecule has 0 saturated carbocycles. The van der Waals surface area contributed by atoms with Crippen molar-refractivity contribution in [3.8, 4) is 0 Å². The second kappa shape index (κ2) is 7.43. The number of aromatic nitrogens is 2. The normalized spacial score (nSPS) is 17.2. The summed E-state index contributed by atoms with van der Waals surface area (Å²) in [7, 11) is 0. The summed E-state index contributed by atoms with van der Waals surface area (Å²) in [5.41, 5.74) is 2.93. The van der Waals surface area contributed by atoms with Gasteiger partial charge in [0.15, 0.2) is 5.52 Å². The maximum atomic E-state index is 13.2. The summed E-state index contributed by atoms with van der Waals surface area (Å²) in [6, 6.07) is 8.35. The summed E-state index contributed by atoms with van der Waals surface area (Å²) >= 11 is 0. The third-order valence-electron chi connectivity index (χ3n) is 5.91. The monoisotopic (exact) mass is 412 g/mol. The lowest BCUT2D eigenvalue weighted by molar-refractivity contribution is -0.382. The van der Waals surface area contributed by atoms with E-state index in [0.29, 0.717) is 24.3 Å². The smallest absolute Gasteiger partial charge is 0.323 e. The van der Waals surface area contributed by atoms with Crippen LogP contribution in [0.3, 0.4) is 0 Å². The number of piperazine rings is 1. The van der Waals surface area contributed by atoms with Crippen LogP contribution in [-0.2, 0) is 0 Å². The molecule has 0 radical (unpaired) electrons. The Morgan fingerprint density at radius 3 is 2.13 bits per heavy atom. The first-order chi connectivity index (χ1) is 14.6. The molecule has 0 atom stereocenters. The number of anilines is 3. The lowest BCUT2D eigenvalue weighted by Gasteiger charge is -2.37. The van der Waals surface area contributed by atoms with Crippen LogP contribution in [0.2, 0.25) is 0 Å². The van der Waals surface area contributed by atoms with Gasteiger partial charge >= 0.3 is 5.69 Å².